The SMILES string of the molecule is COc1cc2c(cc1OC)C(/C=C/c1ccccc1F)=NN=C(C)C2. The fourth-order valence-electron chi connectivity index (χ4n) is 2.71. The van der Waals surface area contributed by atoms with Gasteiger partial charge in [-0.05, 0) is 42.8 Å². The zero-order chi connectivity index (χ0) is 17.8. The minimum Gasteiger partial charge on any atom is -0.493 e. The molecule has 0 aromatic heterocycles. The van der Waals surface area contributed by atoms with Crippen molar-refractivity contribution in [2.75, 3.05) is 14.2 Å². The van der Waals surface area contributed by atoms with E-state index in [-0.39, 0.29) is 5.82 Å². The molecule has 0 spiro atoms. The smallest absolute Gasteiger partial charge is 0.161 e. The van der Waals surface area contributed by atoms with Gasteiger partial charge in [-0.15, -0.1) is 0 Å². The van der Waals surface area contributed by atoms with E-state index in [0.717, 1.165) is 16.8 Å². The molecular weight excluding hydrogens is 319 g/mol. The first-order chi connectivity index (χ1) is 12.1. The van der Waals surface area contributed by atoms with Crippen LogP contribution in [-0.2, 0) is 6.42 Å². The molecule has 0 bridgehead atoms. The molecule has 0 amide bonds. The molecule has 0 aliphatic carbocycles. The lowest BCUT2D eigenvalue weighted by molar-refractivity contribution is 0.354. The monoisotopic (exact) mass is 338 g/mol. The number of nitrogens with zero attached hydrogens (tertiary/aromatic N) is 2. The summed E-state index contributed by atoms with van der Waals surface area (Å²) in [5, 5.41) is 8.56. The summed E-state index contributed by atoms with van der Waals surface area (Å²) in [7, 11) is 3.20. The Bertz CT molecular complexity index is 885. The van der Waals surface area contributed by atoms with Crippen molar-refractivity contribution in [3.8, 4) is 11.5 Å². The zero-order valence-electron chi connectivity index (χ0n) is 14.4. The predicted molar refractivity (Wildman–Crippen MR) is 98.3 cm³/mol. The van der Waals surface area contributed by atoms with Crippen LogP contribution in [0.2, 0.25) is 0 Å². The number of hydrogen-bond donors (Lipinski definition) is 0. The van der Waals surface area contributed by atoms with Gasteiger partial charge in [0.2, 0.25) is 0 Å². The number of ether oxygens (including phenoxy) is 2. The Morgan fingerprint density at radius 3 is 2.44 bits per heavy atom. The Hall–Kier alpha value is -2.95. The number of rotatable bonds is 4. The second-order valence-corrected chi connectivity index (χ2v) is 5.72. The molecule has 2 aromatic carbocycles. The average molecular weight is 338 g/mol. The minimum absolute atomic E-state index is 0.278. The molecule has 3 rings (SSSR count). The lowest BCUT2D eigenvalue weighted by atomic mass is 9.97. The van der Waals surface area contributed by atoms with Crippen molar-refractivity contribution in [3.63, 3.8) is 0 Å². The fraction of sp³-hybridized carbons (Fsp3) is 0.200. The van der Waals surface area contributed by atoms with Crippen LogP contribution in [0.5, 0.6) is 11.5 Å². The van der Waals surface area contributed by atoms with E-state index in [2.05, 4.69) is 10.2 Å². The summed E-state index contributed by atoms with van der Waals surface area (Å²) in [6.45, 7) is 1.92. The van der Waals surface area contributed by atoms with Crippen molar-refractivity contribution in [1.29, 1.82) is 0 Å². The molecular formula is C20H19FN2O2. The fourth-order valence-corrected chi connectivity index (χ4v) is 2.71. The van der Waals surface area contributed by atoms with E-state index in [1.165, 1.54) is 6.07 Å². The highest BCUT2D eigenvalue weighted by molar-refractivity contribution is 6.13. The molecule has 0 saturated heterocycles. The normalized spacial score (nSPS) is 13.8. The van der Waals surface area contributed by atoms with Gasteiger partial charge in [0.15, 0.2) is 11.5 Å². The molecule has 4 nitrogen and oxygen atoms in total. The van der Waals surface area contributed by atoms with Gasteiger partial charge in [0, 0.05) is 23.3 Å². The van der Waals surface area contributed by atoms with E-state index in [4.69, 9.17) is 9.47 Å². The van der Waals surface area contributed by atoms with E-state index in [9.17, 15) is 4.39 Å². The van der Waals surface area contributed by atoms with Crippen LogP contribution < -0.4 is 9.47 Å². The van der Waals surface area contributed by atoms with Crippen molar-refractivity contribution < 1.29 is 13.9 Å². The van der Waals surface area contributed by atoms with Gasteiger partial charge >= 0.3 is 0 Å². The van der Waals surface area contributed by atoms with E-state index in [1.54, 1.807) is 44.6 Å². The molecule has 2 aromatic rings. The van der Waals surface area contributed by atoms with Gasteiger partial charge in [0.05, 0.1) is 19.9 Å². The summed E-state index contributed by atoms with van der Waals surface area (Å²) in [4.78, 5) is 0. The highest BCUT2D eigenvalue weighted by Gasteiger charge is 2.17. The Labute approximate surface area is 146 Å². The number of halogens is 1. The molecule has 25 heavy (non-hydrogen) atoms. The van der Waals surface area contributed by atoms with Gasteiger partial charge in [0.25, 0.3) is 0 Å². The van der Waals surface area contributed by atoms with E-state index < -0.39 is 0 Å². The standard InChI is InChI=1S/C20H19FN2O2/c1-13-10-15-11-19(24-2)20(25-3)12-16(15)18(23-22-13)9-8-14-6-4-5-7-17(14)21/h4-9,11-12H,10H2,1-3H3/b9-8+. The summed E-state index contributed by atoms with van der Waals surface area (Å²) >= 11 is 0. The molecule has 0 N–H and O–H groups in total. The summed E-state index contributed by atoms with van der Waals surface area (Å²) in [5.41, 5.74) is 3.97. The summed E-state index contributed by atoms with van der Waals surface area (Å²) in [6, 6.07) is 10.4. The molecule has 0 fully saturated rings. The maximum atomic E-state index is 13.8. The number of hydrogen-bond acceptors (Lipinski definition) is 4. The first-order valence-corrected chi connectivity index (χ1v) is 7.91. The molecule has 1 aliphatic heterocycles. The van der Waals surface area contributed by atoms with Gasteiger partial charge in [-0.1, -0.05) is 18.2 Å². The molecule has 0 saturated carbocycles. The van der Waals surface area contributed by atoms with E-state index in [0.29, 0.717) is 29.2 Å². The maximum Gasteiger partial charge on any atom is 0.161 e. The third-order valence-corrected chi connectivity index (χ3v) is 3.99. The van der Waals surface area contributed by atoms with Gasteiger partial charge < -0.3 is 9.47 Å². The van der Waals surface area contributed by atoms with Crippen molar-refractivity contribution >= 4 is 17.5 Å². The molecule has 1 heterocycles. The highest BCUT2D eigenvalue weighted by Crippen LogP contribution is 2.32. The van der Waals surface area contributed by atoms with E-state index in [1.807, 2.05) is 19.1 Å². The highest BCUT2D eigenvalue weighted by atomic mass is 19.1. The van der Waals surface area contributed by atoms with Crippen LogP contribution in [0.1, 0.15) is 23.6 Å². The molecule has 0 radical (unpaired) electrons. The van der Waals surface area contributed by atoms with Crippen molar-refractivity contribution in [2.24, 2.45) is 10.2 Å². The maximum absolute atomic E-state index is 13.8. The van der Waals surface area contributed by atoms with Crippen LogP contribution in [-0.4, -0.2) is 25.6 Å². The summed E-state index contributed by atoms with van der Waals surface area (Å²) in [6.07, 6.45) is 4.13. The number of fused-ring (bicyclic) bond motifs is 1. The molecule has 0 unspecified atom stereocenters. The van der Waals surface area contributed by atoms with Crippen LogP contribution in [0.3, 0.4) is 0 Å². The lowest BCUT2D eigenvalue weighted by Crippen LogP contribution is -2.05. The van der Waals surface area contributed by atoms with Gasteiger partial charge in [0.1, 0.15) is 5.82 Å². The number of allylic oxidation sites excluding steroid dienone is 1. The van der Waals surface area contributed by atoms with E-state index >= 15 is 0 Å². The molecule has 0 atom stereocenters. The van der Waals surface area contributed by atoms with Crippen molar-refractivity contribution in [3.05, 3.63) is 65.0 Å². The largest absolute Gasteiger partial charge is 0.493 e. The topological polar surface area (TPSA) is 43.2 Å². The van der Waals surface area contributed by atoms with Crippen molar-refractivity contribution in [2.45, 2.75) is 13.3 Å². The zero-order valence-corrected chi connectivity index (χ0v) is 14.4. The summed E-state index contributed by atoms with van der Waals surface area (Å²) in [5.74, 6) is 1.00. The molecule has 128 valence electrons. The van der Waals surface area contributed by atoms with Crippen molar-refractivity contribution in [1.82, 2.24) is 0 Å². The Morgan fingerprint density at radius 1 is 1.00 bits per heavy atom. The van der Waals surface area contributed by atoms with Gasteiger partial charge in [-0.3, -0.25) is 0 Å². The second-order valence-electron chi connectivity index (χ2n) is 5.72. The molecule has 1 aliphatic rings. The van der Waals surface area contributed by atoms with Crippen LogP contribution in [0.4, 0.5) is 4.39 Å². The van der Waals surface area contributed by atoms with Crippen LogP contribution in [0.25, 0.3) is 6.08 Å². The van der Waals surface area contributed by atoms with Gasteiger partial charge in [-0.25, -0.2) is 4.39 Å². The Balaban J connectivity index is 2.07. The molecule has 5 heteroatoms. The third kappa shape index (κ3) is 3.60. The van der Waals surface area contributed by atoms with Crippen LogP contribution in [0.15, 0.2) is 52.7 Å². The number of methoxy groups -OCH3 is 2. The first-order valence-electron chi connectivity index (χ1n) is 7.91. The van der Waals surface area contributed by atoms with Crippen LogP contribution in [0, 0.1) is 5.82 Å². The Morgan fingerprint density at radius 2 is 1.72 bits per heavy atom. The summed E-state index contributed by atoms with van der Waals surface area (Å²) < 4.78 is 24.6. The first kappa shape index (κ1) is 16.9. The second kappa shape index (κ2) is 7.30. The third-order valence-electron chi connectivity index (χ3n) is 3.99. The lowest BCUT2D eigenvalue weighted by Gasteiger charge is -2.13. The quantitative estimate of drug-likeness (QED) is 0.835. The minimum atomic E-state index is -0.278. The Kier molecular flexibility index (Phi) is 4.93. The number of benzene rings is 2. The average Bonchev–Trinajstić information content (AvgIpc) is 2.77. The van der Waals surface area contributed by atoms with Gasteiger partial charge in [-0.2, -0.15) is 10.2 Å². The van der Waals surface area contributed by atoms with Crippen LogP contribution >= 0.6 is 0 Å². The predicted octanol–water partition coefficient (Wildman–Crippen LogP) is 4.28.